The number of nitrogens with zero attached hydrogens (tertiary/aromatic N) is 2. The number of imidazole rings is 1. The second-order valence-electron chi connectivity index (χ2n) is 3.55. The summed E-state index contributed by atoms with van der Waals surface area (Å²) in [6, 6.07) is 7.52. The van der Waals surface area contributed by atoms with E-state index >= 15 is 0 Å². The van der Waals surface area contributed by atoms with Crippen LogP contribution in [0.5, 0.6) is 0 Å². The standard InChI is InChI=1S/C12H7ClN2OS/c13-9-3-1-8(2-4-9)11-7-17-12-14-5-10(6-16)15(11)12/h1-7H. The molecule has 0 fully saturated rings. The van der Waals surface area contributed by atoms with E-state index < -0.39 is 0 Å². The predicted octanol–water partition coefficient (Wildman–Crippen LogP) is 3.53. The Morgan fingerprint density at radius 2 is 2.06 bits per heavy atom. The van der Waals surface area contributed by atoms with E-state index in [4.69, 9.17) is 11.6 Å². The van der Waals surface area contributed by atoms with E-state index in [-0.39, 0.29) is 0 Å². The molecule has 0 amide bonds. The fourth-order valence-electron chi connectivity index (χ4n) is 1.73. The maximum Gasteiger partial charge on any atom is 0.194 e. The molecule has 2 heterocycles. The third-order valence-corrected chi connectivity index (χ3v) is 3.63. The first kappa shape index (κ1) is 10.5. The summed E-state index contributed by atoms with van der Waals surface area (Å²) < 4.78 is 1.85. The van der Waals surface area contributed by atoms with Gasteiger partial charge in [-0.3, -0.25) is 9.20 Å². The van der Waals surface area contributed by atoms with Gasteiger partial charge in [-0.2, -0.15) is 0 Å². The molecule has 84 valence electrons. The first-order chi connectivity index (χ1) is 8.29. The van der Waals surface area contributed by atoms with Gasteiger partial charge in [-0.25, -0.2) is 4.98 Å². The van der Waals surface area contributed by atoms with E-state index in [1.165, 1.54) is 11.3 Å². The van der Waals surface area contributed by atoms with Gasteiger partial charge in [-0.15, -0.1) is 11.3 Å². The number of aromatic nitrogens is 2. The third kappa shape index (κ3) is 1.66. The van der Waals surface area contributed by atoms with Crippen LogP contribution in [0.4, 0.5) is 0 Å². The number of thiazole rings is 1. The molecule has 3 nitrogen and oxygen atoms in total. The van der Waals surface area contributed by atoms with Crippen LogP contribution in [0.3, 0.4) is 0 Å². The molecule has 0 spiro atoms. The van der Waals surface area contributed by atoms with Gasteiger partial charge >= 0.3 is 0 Å². The molecule has 1 aromatic carbocycles. The predicted molar refractivity (Wildman–Crippen MR) is 68.9 cm³/mol. The first-order valence-electron chi connectivity index (χ1n) is 4.95. The van der Waals surface area contributed by atoms with Gasteiger partial charge in [-0.1, -0.05) is 23.7 Å². The molecule has 3 aromatic rings. The smallest absolute Gasteiger partial charge is 0.194 e. The van der Waals surface area contributed by atoms with Crippen molar-refractivity contribution in [3.63, 3.8) is 0 Å². The summed E-state index contributed by atoms with van der Waals surface area (Å²) in [5.41, 5.74) is 2.54. The molecule has 0 saturated heterocycles. The minimum atomic E-state index is 0.561. The number of carbonyl (C=O) groups is 1. The number of fused-ring (bicyclic) bond motifs is 1. The maximum absolute atomic E-state index is 10.9. The number of hydrogen-bond donors (Lipinski definition) is 0. The number of hydrogen-bond acceptors (Lipinski definition) is 3. The Labute approximate surface area is 106 Å². The lowest BCUT2D eigenvalue weighted by atomic mass is 10.2. The van der Waals surface area contributed by atoms with Crippen LogP contribution in [0.15, 0.2) is 35.8 Å². The van der Waals surface area contributed by atoms with Crippen LogP contribution in [-0.2, 0) is 0 Å². The van der Waals surface area contributed by atoms with Crippen molar-refractivity contribution in [1.82, 2.24) is 9.38 Å². The molecule has 0 bridgehead atoms. The van der Waals surface area contributed by atoms with Gasteiger partial charge in [-0.05, 0) is 17.7 Å². The molecule has 5 heteroatoms. The van der Waals surface area contributed by atoms with E-state index in [2.05, 4.69) is 4.98 Å². The van der Waals surface area contributed by atoms with Crippen LogP contribution in [0, 0.1) is 0 Å². The molecule has 0 radical (unpaired) electrons. The van der Waals surface area contributed by atoms with Crippen LogP contribution in [0.1, 0.15) is 10.5 Å². The largest absolute Gasteiger partial charge is 0.296 e. The molecule has 0 aliphatic rings. The van der Waals surface area contributed by atoms with Gasteiger partial charge in [0, 0.05) is 10.4 Å². The molecule has 2 aromatic heterocycles. The first-order valence-corrected chi connectivity index (χ1v) is 6.21. The zero-order valence-electron chi connectivity index (χ0n) is 8.63. The van der Waals surface area contributed by atoms with Crippen LogP contribution in [0.25, 0.3) is 16.2 Å². The second-order valence-corrected chi connectivity index (χ2v) is 4.82. The van der Waals surface area contributed by atoms with Gasteiger partial charge in [0.05, 0.1) is 11.9 Å². The van der Waals surface area contributed by atoms with Crippen molar-refractivity contribution in [3.8, 4) is 11.3 Å². The zero-order chi connectivity index (χ0) is 11.8. The zero-order valence-corrected chi connectivity index (χ0v) is 10.2. The summed E-state index contributed by atoms with van der Waals surface area (Å²) in [5.74, 6) is 0. The van der Waals surface area contributed by atoms with Crippen molar-refractivity contribution < 1.29 is 4.79 Å². The Morgan fingerprint density at radius 3 is 2.76 bits per heavy atom. The topological polar surface area (TPSA) is 34.4 Å². The minimum absolute atomic E-state index is 0.561. The lowest BCUT2D eigenvalue weighted by molar-refractivity contribution is 0.111. The lowest BCUT2D eigenvalue weighted by Crippen LogP contribution is -1.91. The number of benzene rings is 1. The van der Waals surface area contributed by atoms with E-state index in [1.807, 2.05) is 34.0 Å². The van der Waals surface area contributed by atoms with Crippen molar-refractivity contribution >= 4 is 34.2 Å². The van der Waals surface area contributed by atoms with E-state index in [0.29, 0.717) is 10.7 Å². The van der Waals surface area contributed by atoms with Crippen molar-refractivity contribution in [2.75, 3.05) is 0 Å². The maximum atomic E-state index is 10.9. The Balaban J connectivity index is 2.26. The van der Waals surface area contributed by atoms with Crippen molar-refractivity contribution in [1.29, 1.82) is 0 Å². The Bertz CT molecular complexity index is 684. The number of halogens is 1. The average molecular weight is 263 g/mol. The quantitative estimate of drug-likeness (QED) is 0.662. The highest BCUT2D eigenvalue weighted by molar-refractivity contribution is 7.15. The number of aldehydes is 1. The molecule has 0 unspecified atom stereocenters. The monoisotopic (exact) mass is 262 g/mol. The van der Waals surface area contributed by atoms with Crippen molar-refractivity contribution in [2.45, 2.75) is 0 Å². The average Bonchev–Trinajstić information content (AvgIpc) is 2.91. The minimum Gasteiger partial charge on any atom is -0.296 e. The fraction of sp³-hybridized carbons (Fsp3) is 0. The van der Waals surface area contributed by atoms with Crippen LogP contribution in [-0.4, -0.2) is 15.7 Å². The highest BCUT2D eigenvalue weighted by atomic mass is 35.5. The summed E-state index contributed by atoms with van der Waals surface area (Å²) in [6.45, 7) is 0. The highest BCUT2D eigenvalue weighted by Crippen LogP contribution is 2.27. The van der Waals surface area contributed by atoms with Crippen LogP contribution in [0.2, 0.25) is 5.02 Å². The van der Waals surface area contributed by atoms with Gasteiger partial charge < -0.3 is 0 Å². The summed E-state index contributed by atoms with van der Waals surface area (Å²) in [6.07, 6.45) is 2.39. The summed E-state index contributed by atoms with van der Waals surface area (Å²) in [4.78, 5) is 15.9. The summed E-state index contributed by atoms with van der Waals surface area (Å²) in [7, 11) is 0. The SMILES string of the molecule is O=Cc1cnc2scc(-c3ccc(Cl)cc3)n12. The molecular weight excluding hydrogens is 256 g/mol. The molecule has 3 rings (SSSR count). The fourth-order valence-corrected chi connectivity index (χ4v) is 2.74. The van der Waals surface area contributed by atoms with Crippen LogP contribution < -0.4 is 0 Å². The Kier molecular flexibility index (Phi) is 2.46. The Hall–Kier alpha value is -1.65. The molecule has 0 aliphatic carbocycles. The van der Waals surface area contributed by atoms with E-state index in [9.17, 15) is 4.79 Å². The normalized spacial score (nSPS) is 10.9. The summed E-state index contributed by atoms with van der Waals surface area (Å²) in [5, 5.41) is 2.68. The molecule has 0 N–H and O–H groups in total. The molecule has 0 aliphatic heterocycles. The number of rotatable bonds is 2. The second kappa shape index (κ2) is 3.98. The van der Waals surface area contributed by atoms with Gasteiger partial charge in [0.1, 0.15) is 5.69 Å². The van der Waals surface area contributed by atoms with E-state index in [0.717, 1.165) is 22.5 Å². The number of carbonyl (C=O) groups excluding carboxylic acids is 1. The lowest BCUT2D eigenvalue weighted by Gasteiger charge is -2.00. The van der Waals surface area contributed by atoms with Crippen molar-refractivity contribution in [3.05, 3.63) is 46.6 Å². The molecule has 0 atom stereocenters. The molecular formula is C12H7ClN2OS. The highest BCUT2D eigenvalue weighted by Gasteiger charge is 2.10. The van der Waals surface area contributed by atoms with E-state index in [1.54, 1.807) is 6.20 Å². The summed E-state index contributed by atoms with van der Waals surface area (Å²) >= 11 is 7.37. The molecule has 0 saturated carbocycles. The van der Waals surface area contributed by atoms with Gasteiger partial charge in [0.25, 0.3) is 0 Å². The third-order valence-electron chi connectivity index (χ3n) is 2.53. The Morgan fingerprint density at radius 1 is 1.29 bits per heavy atom. The van der Waals surface area contributed by atoms with Gasteiger partial charge in [0.15, 0.2) is 11.2 Å². The van der Waals surface area contributed by atoms with Crippen molar-refractivity contribution in [2.24, 2.45) is 0 Å². The van der Waals surface area contributed by atoms with Crippen LogP contribution >= 0.6 is 22.9 Å². The van der Waals surface area contributed by atoms with Gasteiger partial charge in [0.2, 0.25) is 0 Å². The molecule has 17 heavy (non-hydrogen) atoms.